The molecule has 0 radical (unpaired) electrons. The number of aromatic hydroxyl groups is 1. The van der Waals surface area contributed by atoms with Gasteiger partial charge in [-0.2, -0.15) is 0 Å². The van der Waals surface area contributed by atoms with Gasteiger partial charge in [0.15, 0.2) is 5.65 Å². The minimum absolute atomic E-state index is 0.0781. The highest BCUT2D eigenvalue weighted by atomic mass is 16.3. The molecule has 9 nitrogen and oxygen atoms in total. The molecule has 2 atom stereocenters. The molecule has 9 heteroatoms. The molecular weight excluding hydrogens is 452 g/mol. The lowest BCUT2D eigenvalue weighted by atomic mass is 9.87. The molecular formula is C27H30N8O. The van der Waals surface area contributed by atoms with Gasteiger partial charge in [0, 0.05) is 60.2 Å². The van der Waals surface area contributed by atoms with Crippen LogP contribution in [0.25, 0.3) is 22.3 Å². The summed E-state index contributed by atoms with van der Waals surface area (Å²) in [5.41, 5.74) is 6.03. The Morgan fingerprint density at radius 2 is 1.94 bits per heavy atom. The van der Waals surface area contributed by atoms with Crippen LogP contribution >= 0.6 is 0 Å². The van der Waals surface area contributed by atoms with Gasteiger partial charge in [-0.3, -0.25) is 0 Å². The number of nitrogens with zero attached hydrogens (tertiary/aromatic N) is 6. The third-order valence-corrected chi connectivity index (χ3v) is 8.36. The van der Waals surface area contributed by atoms with E-state index in [0.717, 1.165) is 61.8 Å². The fourth-order valence-electron chi connectivity index (χ4n) is 6.34. The third kappa shape index (κ3) is 3.41. The van der Waals surface area contributed by atoms with Crippen LogP contribution in [0.2, 0.25) is 0 Å². The maximum Gasteiger partial charge on any atom is 0.225 e. The smallest absolute Gasteiger partial charge is 0.225 e. The zero-order valence-corrected chi connectivity index (χ0v) is 20.4. The second-order valence-corrected chi connectivity index (χ2v) is 10.5. The highest BCUT2D eigenvalue weighted by molar-refractivity contribution is 5.86. The highest BCUT2D eigenvalue weighted by Gasteiger charge is 2.40. The average molecular weight is 483 g/mol. The van der Waals surface area contributed by atoms with Gasteiger partial charge in [0.2, 0.25) is 5.95 Å². The van der Waals surface area contributed by atoms with E-state index in [1.54, 1.807) is 6.07 Å². The number of fused-ring (bicyclic) bond motifs is 3. The normalized spacial score (nSPS) is 23.6. The fourth-order valence-corrected chi connectivity index (χ4v) is 6.34. The predicted molar refractivity (Wildman–Crippen MR) is 139 cm³/mol. The zero-order chi connectivity index (χ0) is 24.3. The second kappa shape index (κ2) is 8.16. The van der Waals surface area contributed by atoms with Gasteiger partial charge in [0.05, 0.1) is 29.8 Å². The Kier molecular flexibility index (Phi) is 4.89. The number of H-pyrrole nitrogens is 1. The van der Waals surface area contributed by atoms with Crippen LogP contribution in [0.4, 0.5) is 11.6 Å². The third-order valence-electron chi connectivity index (χ3n) is 8.36. The van der Waals surface area contributed by atoms with Gasteiger partial charge in [-0.05, 0) is 44.5 Å². The largest absolute Gasteiger partial charge is 0.507 e. The van der Waals surface area contributed by atoms with Crippen LogP contribution in [0.5, 0.6) is 5.75 Å². The second-order valence-electron chi connectivity index (χ2n) is 10.5. The van der Waals surface area contributed by atoms with Crippen LogP contribution in [0.3, 0.4) is 0 Å². The van der Waals surface area contributed by atoms with Gasteiger partial charge in [0.1, 0.15) is 5.75 Å². The molecule has 3 N–H and O–H groups in total. The number of hydrogen-bond acceptors (Lipinski definition) is 8. The molecule has 36 heavy (non-hydrogen) atoms. The first-order valence-electron chi connectivity index (χ1n) is 12.8. The summed E-state index contributed by atoms with van der Waals surface area (Å²) in [6.07, 6.45) is 7.33. The van der Waals surface area contributed by atoms with Crippen molar-refractivity contribution in [2.75, 3.05) is 42.5 Å². The zero-order valence-electron chi connectivity index (χ0n) is 20.4. The first-order valence-corrected chi connectivity index (χ1v) is 12.8. The van der Waals surface area contributed by atoms with E-state index in [0.29, 0.717) is 16.7 Å². The Morgan fingerprint density at radius 3 is 2.75 bits per heavy atom. The van der Waals surface area contributed by atoms with Crippen LogP contribution < -0.4 is 15.1 Å². The van der Waals surface area contributed by atoms with Crippen LogP contribution in [-0.2, 0) is 6.42 Å². The van der Waals surface area contributed by atoms with Crippen molar-refractivity contribution >= 4 is 22.7 Å². The Bertz CT molecular complexity index is 1430. The van der Waals surface area contributed by atoms with Gasteiger partial charge in [-0.25, -0.2) is 9.97 Å². The average Bonchev–Trinajstić information content (AvgIpc) is 3.64. The Balaban J connectivity index is 1.17. The topological polar surface area (TPSA) is 106 Å². The molecule has 0 bridgehead atoms. The molecule has 4 aromatic rings. The number of rotatable bonds is 3. The summed E-state index contributed by atoms with van der Waals surface area (Å²) < 4.78 is 0. The SMILES string of the molecule is CC1c2c([nH]c3nnc(-c4ccccc4O)cc23)CCN1c1ncc(N2CCC3(CCNC3)C2)cn1. The van der Waals surface area contributed by atoms with Crippen molar-refractivity contribution in [2.24, 2.45) is 5.41 Å². The highest BCUT2D eigenvalue weighted by Crippen LogP contribution is 2.40. The molecule has 3 aliphatic rings. The summed E-state index contributed by atoms with van der Waals surface area (Å²) >= 11 is 0. The monoisotopic (exact) mass is 482 g/mol. The van der Waals surface area contributed by atoms with Crippen molar-refractivity contribution in [3.63, 3.8) is 0 Å². The van der Waals surface area contributed by atoms with E-state index in [4.69, 9.17) is 9.97 Å². The van der Waals surface area contributed by atoms with Crippen LogP contribution in [0, 0.1) is 5.41 Å². The lowest BCUT2D eigenvalue weighted by Gasteiger charge is -2.34. The van der Waals surface area contributed by atoms with E-state index in [-0.39, 0.29) is 11.8 Å². The van der Waals surface area contributed by atoms with E-state index >= 15 is 0 Å². The molecule has 2 unspecified atom stereocenters. The van der Waals surface area contributed by atoms with Crippen molar-refractivity contribution in [3.05, 3.63) is 54.0 Å². The number of aromatic nitrogens is 5. The molecule has 6 heterocycles. The lowest BCUT2D eigenvalue weighted by molar-refractivity contribution is 0.369. The number of phenols is 1. The first kappa shape index (κ1) is 21.6. The van der Waals surface area contributed by atoms with E-state index in [9.17, 15) is 5.11 Å². The first-order chi connectivity index (χ1) is 17.6. The molecule has 0 saturated carbocycles. The summed E-state index contributed by atoms with van der Waals surface area (Å²) in [7, 11) is 0. The van der Waals surface area contributed by atoms with Crippen LogP contribution in [0.15, 0.2) is 42.7 Å². The van der Waals surface area contributed by atoms with Gasteiger partial charge in [-0.1, -0.05) is 12.1 Å². The Hall–Kier alpha value is -3.72. The number of para-hydroxylation sites is 1. The van der Waals surface area contributed by atoms with Gasteiger partial charge in [0.25, 0.3) is 0 Å². The summed E-state index contributed by atoms with van der Waals surface area (Å²) in [4.78, 5) is 17.8. The molecule has 2 fully saturated rings. The molecule has 7 rings (SSSR count). The molecule has 1 aromatic carbocycles. The molecule has 0 aliphatic carbocycles. The number of aromatic amines is 1. The summed E-state index contributed by atoms with van der Waals surface area (Å²) in [5.74, 6) is 0.956. The van der Waals surface area contributed by atoms with Gasteiger partial charge in [-0.15, -0.1) is 10.2 Å². The molecule has 184 valence electrons. The summed E-state index contributed by atoms with van der Waals surface area (Å²) in [5, 5.41) is 23.7. The number of benzene rings is 1. The number of nitrogens with one attached hydrogen (secondary N) is 2. The molecule has 1 spiro atoms. The molecule has 3 aliphatic heterocycles. The standard InChI is InChI=1S/C27H30N8O/c1-17-24-20-12-22(19-4-2-3-5-23(19)36)32-33-25(20)31-21(24)6-10-35(17)26-29-13-18(14-30-26)34-11-8-27(16-34)7-9-28-15-27/h2-5,12-14,17,28,36H,6-11,15-16H2,1H3,(H,31,33). The van der Waals surface area contributed by atoms with E-state index in [1.165, 1.54) is 24.1 Å². The Morgan fingerprint density at radius 1 is 1.08 bits per heavy atom. The van der Waals surface area contributed by atoms with Crippen molar-refractivity contribution < 1.29 is 5.11 Å². The molecule has 0 amide bonds. The minimum atomic E-state index is 0.0781. The van der Waals surface area contributed by atoms with Gasteiger partial charge >= 0.3 is 0 Å². The van der Waals surface area contributed by atoms with Crippen molar-refractivity contribution in [1.29, 1.82) is 0 Å². The maximum atomic E-state index is 10.3. The number of anilines is 2. The number of hydrogen-bond donors (Lipinski definition) is 3. The number of phenolic OH excluding ortho intramolecular Hbond substituents is 1. The summed E-state index contributed by atoms with van der Waals surface area (Å²) in [6, 6.07) is 9.34. The maximum absolute atomic E-state index is 10.3. The van der Waals surface area contributed by atoms with Crippen molar-refractivity contribution in [3.8, 4) is 17.0 Å². The van der Waals surface area contributed by atoms with E-state index in [2.05, 4.69) is 37.2 Å². The van der Waals surface area contributed by atoms with E-state index in [1.807, 2.05) is 36.7 Å². The fraction of sp³-hybridized carbons (Fsp3) is 0.407. The minimum Gasteiger partial charge on any atom is -0.507 e. The molecule has 2 saturated heterocycles. The van der Waals surface area contributed by atoms with Crippen LogP contribution in [-0.4, -0.2) is 63.0 Å². The van der Waals surface area contributed by atoms with Gasteiger partial charge < -0.3 is 25.2 Å². The van der Waals surface area contributed by atoms with Crippen molar-refractivity contribution in [1.82, 2.24) is 30.5 Å². The summed E-state index contributed by atoms with van der Waals surface area (Å²) in [6.45, 7) is 7.44. The van der Waals surface area contributed by atoms with Crippen molar-refractivity contribution in [2.45, 2.75) is 32.2 Å². The lowest BCUT2D eigenvalue weighted by Crippen LogP contribution is -2.35. The Labute approximate surface area is 209 Å². The van der Waals surface area contributed by atoms with E-state index < -0.39 is 0 Å². The quantitative estimate of drug-likeness (QED) is 0.408. The molecule has 3 aromatic heterocycles. The van der Waals surface area contributed by atoms with Crippen LogP contribution in [0.1, 0.15) is 37.1 Å². The predicted octanol–water partition coefficient (Wildman–Crippen LogP) is 3.43.